The molecule has 0 saturated heterocycles. The molecule has 1 aromatic heterocycles. The van der Waals surface area contributed by atoms with E-state index >= 15 is 0 Å². The Labute approximate surface area is 72.0 Å². The van der Waals surface area contributed by atoms with E-state index in [0.717, 1.165) is 25.9 Å². The third-order valence-corrected chi connectivity index (χ3v) is 2.20. The number of nitrogen functional groups attached to an aromatic ring is 1. The van der Waals surface area contributed by atoms with Crippen molar-refractivity contribution in [2.75, 3.05) is 18.8 Å². The van der Waals surface area contributed by atoms with Crippen molar-refractivity contribution < 1.29 is 0 Å². The van der Waals surface area contributed by atoms with E-state index in [1.165, 1.54) is 11.3 Å². The van der Waals surface area contributed by atoms with Crippen LogP contribution in [0.25, 0.3) is 0 Å². The molecule has 0 atom stereocenters. The summed E-state index contributed by atoms with van der Waals surface area (Å²) in [6, 6.07) is 3.97. The number of rotatable bonds is 0. The van der Waals surface area contributed by atoms with Crippen LogP contribution in [0.4, 0.5) is 5.82 Å². The van der Waals surface area contributed by atoms with Gasteiger partial charge in [0.25, 0.3) is 0 Å². The van der Waals surface area contributed by atoms with Crippen molar-refractivity contribution in [1.82, 2.24) is 10.3 Å². The second-order valence-corrected chi connectivity index (χ2v) is 3.09. The molecule has 64 valence electrons. The first-order valence-electron chi connectivity index (χ1n) is 4.31. The molecular formula is C9H13N3. The monoisotopic (exact) mass is 163 g/mol. The van der Waals surface area contributed by atoms with Gasteiger partial charge in [-0.1, -0.05) is 6.07 Å². The molecule has 2 rings (SSSR count). The van der Waals surface area contributed by atoms with Crippen molar-refractivity contribution in [3.8, 4) is 0 Å². The molecule has 12 heavy (non-hydrogen) atoms. The molecule has 0 spiro atoms. The van der Waals surface area contributed by atoms with E-state index in [1.54, 1.807) is 0 Å². The maximum Gasteiger partial charge on any atom is 0.123 e. The van der Waals surface area contributed by atoms with Gasteiger partial charge in [0.05, 0.1) is 0 Å². The van der Waals surface area contributed by atoms with E-state index in [2.05, 4.69) is 16.4 Å². The van der Waals surface area contributed by atoms with Gasteiger partial charge >= 0.3 is 0 Å². The molecule has 0 radical (unpaired) electrons. The SMILES string of the molecule is Nc1ccc2c(n1)CCNCC2. The molecule has 0 saturated carbocycles. The van der Waals surface area contributed by atoms with Crippen LogP contribution >= 0.6 is 0 Å². The minimum absolute atomic E-state index is 0.635. The zero-order valence-electron chi connectivity index (χ0n) is 7.01. The van der Waals surface area contributed by atoms with Gasteiger partial charge in [0.1, 0.15) is 5.82 Å². The quantitative estimate of drug-likeness (QED) is 0.580. The van der Waals surface area contributed by atoms with Crippen LogP contribution in [0, 0.1) is 0 Å². The number of hydrogen-bond acceptors (Lipinski definition) is 3. The van der Waals surface area contributed by atoms with Crippen LogP contribution in [-0.4, -0.2) is 18.1 Å². The predicted octanol–water partition coefficient (Wildman–Crippen LogP) is 0.352. The topological polar surface area (TPSA) is 50.9 Å². The Morgan fingerprint density at radius 3 is 3.00 bits per heavy atom. The van der Waals surface area contributed by atoms with E-state index in [-0.39, 0.29) is 0 Å². The second kappa shape index (κ2) is 3.11. The Morgan fingerprint density at radius 2 is 2.08 bits per heavy atom. The van der Waals surface area contributed by atoms with Crippen LogP contribution in [0.1, 0.15) is 11.3 Å². The minimum atomic E-state index is 0.635. The Hall–Kier alpha value is -1.09. The van der Waals surface area contributed by atoms with Gasteiger partial charge in [0, 0.05) is 18.7 Å². The molecule has 3 heteroatoms. The van der Waals surface area contributed by atoms with Crippen molar-refractivity contribution >= 4 is 5.82 Å². The number of fused-ring (bicyclic) bond motifs is 1. The van der Waals surface area contributed by atoms with E-state index in [0.29, 0.717) is 5.82 Å². The third kappa shape index (κ3) is 1.41. The van der Waals surface area contributed by atoms with Crippen LogP contribution in [0.2, 0.25) is 0 Å². The minimum Gasteiger partial charge on any atom is -0.384 e. The van der Waals surface area contributed by atoms with Crippen molar-refractivity contribution in [2.45, 2.75) is 12.8 Å². The van der Waals surface area contributed by atoms with Gasteiger partial charge in [-0.2, -0.15) is 0 Å². The first-order valence-corrected chi connectivity index (χ1v) is 4.31. The molecule has 3 N–H and O–H groups in total. The predicted molar refractivity (Wildman–Crippen MR) is 48.9 cm³/mol. The summed E-state index contributed by atoms with van der Waals surface area (Å²) in [5, 5.41) is 3.33. The first-order chi connectivity index (χ1) is 5.86. The Morgan fingerprint density at radius 1 is 1.25 bits per heavy atom. The largest absolute Gasteiger partial charge is 0.384 e. The van der Waals surface area contributed by atoms with Crippen LogP contribution in [0.5, 0.6) is 0 Å². The lowest BCUT2D eigenvalue weighted by atomic mass is 10.1. The number of nitrogens with zero attached hydrogens (tertiary/aromatic N) is 1. The van der Waals surface area contributed by atoms with Crippen LogP contribution in [0.15, 0.2) is 12.1 Å². The van der Waals surface area contributed by atoms with Gasteiger partial charge in [-0.25, -0.2) is 4.98 Å². The zero-order valence-corrected chi connectivity index (χ0v) is 7.01. The van der Waals surface area contributed by atoms with Crippen LogP contribution < -0.4 is 11.1 Å². The summed E-state index contributed by atoms with van der Waals surface area (Å²) < 4.78 is 0. The van der Waals surface area contributed by atoms with Crippen molar-refractivity contribution in [1.29, 1.82) is 0 Å². The molecule has 0 bridgehead atoms. The molecule has 1 aliphatic rings. The highest BCUT2D eigenvalue weighted by Gasteiger charge is 2.07. The van der Waals surface area contributed by atoms with Gasteiger partial charge < -0.3 is 11.1 Å². The van der Waals surface area contributed by atoms with Crippen LogP contribution in [0.3, 0.4) is 0 Å². The number of pyridine rings is 1. The fraction of sp³-hybridized carbons (Fsp3) is 0.444. The van der Waals surface area contributed by atoms with E-state index in [4.69, 9.17) is 5.73 Å². The molecule has 3 nitrogen and oxygen atoms in total. The lowest BCUT2D eigenvalue weighted by molar-refractivity contribution is 0.708. The van der Waals surface area contributed by atoms with Gasteiger partial charge in [0.15, 0.2) is 0 Å². The van der Waals surface area contributed by atoms with Crippen molar-refractivity contribution in [3.63, 3.8) is 0 Å². The molecule has 0 unspecified atom stereocenters. The number of anilines is 1. The molecule has 0 amide bonds. The first kappa shape index (κ1) is 7.55. The normalized spacial score (nSPS) is 16.7. The maximum atomic E-state index is 5.60. The van der Waals surface area contributed by atoms with E-state index in [1.807, 2.05) is 6.07 Å². The van der Waals surface area contributed by atoms with E-state index < -0.39 is 0 Å². The number of nitrogens with two attached hydrogens (primary N) is 1. The van der Waals surface area contributed by atoms with Gasteiger partial charge in [0.2, 0.25) is 0 Å². The summed E-state index contributed by atoms with van der Waals surface area (Å²) in [5.41, 5.74) is 8.11. The lowest BCUT2D eigenvalue weighted by Crippen LogP contribution is -2.16. The fourth-order valence-corrected chi connectivity index (χ4v) is 1.55. The molecule has 1 aliphatic heterocycles. The summed E-state index contributed by atoms with van der Waals surface area (Å²) in [7, 11) is 0. The number of hydrogen-bond donors (Lipinski definition) is 2. The lowest BCUT2D eigenvalue weighted by Gasteiger charge is -2.03. The Kier molecular flexibility index (Phi) is 1.96. The summed E-state index contributed by atoms with van der Waals surface area (Å²) in [6.45, 7) is 2.07. The van der Waals surface area contributed by atoms with Gasteiger partial charge in [-0.05, 0) is 24.6 Å². The standard InChI is InChI=1S/C9H13N3/c10-9-2-1-7-3-5-11-6-4-8(7)12-9/h1-2,11H,3-6H2,(H2,10,12). The maximum absolute atomic E-state index is 5.60. The van der Waals surface area contributed by atoms with E-state index in [9.17, 15) is 0 Å². The molecule has 0 aromatic carbocycles. The molecular weight excluding hydrogens is 150 g/mol. The summed E-state index contributed by atoms with van der Waals surface area (Å²) in [4.78, 5) is 4.31. The summed E-state index contributed by atoms with van der Waals surface area (Å²) in [5.74, 6) is 0.635. The third-order valence-electron chi connectivity index (χ3n) is 2.20. The van der Waals surface area contributed by atoms with Crippen molar-refractivity contribution in [3.05, 3.63) is 23.4 Å². The number of nitrogens with one attached hydrogen (secondary N) is 1. The van der Waals surface area contributed by atoms with Gasteiger partial charge in [-0.15, -0.1) is 0 Å². The highest BCUT2D eigenvalue weighted by atomic mass is 14.9. The highest BCUT2D eigenvalue weighted by Crippen LogP contribution is 2.11. The summed E-state index contributed by atoms with van der Waals surface area (Å²) >= 11 is 0. The smallest absolute Gasteiger partial charge is 0.123 e. The molecule has 0 fully saturated rings. The Bertz CT molecular complexity index is 283. The number of aromatic nitrogens is 1. The fourth-order valence-electron chi connectivity index (χ4n) is 1.55. The zero-order chi connectivity index (χ0) is 8.39. The average molecular weight is 163 g/mol. The van der Waals surface area contributed by atoms with Crippen molar-refractivity contribution in [2.24, 2.45) is 0 Å². The molecule has 0 aliphatic carbocycles. The highest BCUT2D eigenvalue weighted by molar-refractivity contribution is 5.34. The average Bonchev–Trinajstić information content (AvgIpc) is 2.28. The van der Waals surface area contributed by atoms with Crippen LogP contribution in [-0.2, 0) is 12.8 Å². The Balaban J connectivity index is 2.36. The summed E-state index contributed by atoms with van der Waals surface area (Å²) in [6.07, 6.45) is 2.07. The van der Waals surface area contributed by atoms with Gasteiger partial charge in [-0.3, -0.25) is 0 Å². The molecule has 2 heterocycles. The second-order valence-electron chi connectivity index (χ2n) is 3.09. The molecule has 1 aromatic rings.